The van der Waals surface area contributed by atoms with E-state index in [1.54, 1.807) is 6.92 Å². The minimum Gasteiger partial charge on any atom is -0.465 e. The topological polar surface area (TPSA) is 121 Å². The Morgan fingerprint density at radius 3 is 2.90 bits per heavy atom. The largest absolute Gasteiger partial charge is 0.465 e. The molecule has 1 N–H and O–H groups in total. The molecule has 0 saturated carbocycles. The lowest BCUT2D eigenvalue weighted by Crippen LogP contribution is -2.60. The van der Waals surface area contributed by atoms with Crippen molar-refractivity contribution in [3.05, 3.63) is 10.4 Å². The summed E-state index contributed by atoms with van der Waals surface area (Å²) in [7, 11) is -3.25. The molecule has 0 amide bonds. The van der Waals surface area contributed by atoms with Crippen molar-refractivity contribution in [1.82, 2.24) is 5.32 Å². The number of sulfone groups is 1. The van der Waals surface area contributed by atoms with E-state index in [1.165, 1.54) is 0 Å². The Kier molecular flexibility index (Phi) is 6.25. The number of carbonyl (C=O) groups excluding carboxylic acids is 1. The van der Waals surface area contributed by atoms with Gasteiger partial charge >= 0.3 is 5.97 Å². The van der Waals surface area contributed by atoms with Crippen molar-refractivity contribution in [2.75, 3.05) is 31.2 Å². The second-order valence-electron chi connectivity index (χ2n) is 4.73. The van der Waals surface area contributed by atoms with Crippen LogP contribution in [0, 0.1) is 0 Å². The van der Waals surface area contributed by atoms with Gasteiger partial charge in [-0.2, -0.15) is 0 Å². The molecule has 0 radical (unpaired) electrons. The average Bonchev–Trinajstić information content (AvgIpc) is 2.37. The number of hydrogen-bond acceptors (Lipinski definition) is 6. The summed E-state index contributed by atoms with van der Waals surface area (Å²) in [6, 6.07) is 0. The van der Waals surface area contributed by atoms with Crippen LogP contribution in [0.5, 0.6) is 0 Å². The van der Waals surface area contributed by atoms with Crippen LogP contribution in [-0.2, 0) is 19.4 Å². The maximum atomic E-state index is 12.1. The maximum Gasteiger partial charge on any atom is 0.327 e. The van der Waals surface area contributed by atoms with E-state index in [0.717, 1.165) is 0 Å². The van der Waals surface area contributed by atoms with Crippen LogP contribution < -0.4 is 5.32 Å². The first kappa shape index (κ1) is 16.7. The van der Waals surface area contributed by atoms with Crippen LogP contribution in [0.1, 0.15) is 26.2 Å². The lowest BCUT2D eigenvalue weighted by Gasteiger charge is -2.35. The number of azide groups is 1. The van der Waals surface area contributed by atoms with Gasteiger partial charge in [0.15, 0.2) is 9.84 Å². The van der Waals surface area contributed by atoms with E-state index in [4.69, 9.17) is 10.3 Å². The Labute approximate surface area is 118 Å². The number of hydrogen-bond donors (Lipinski definition) is 1. The van der Waals surface area contributed by atoms with Crippen LogP contribution in [0.2, 0.25) is 0 Å². The van der Waals surface area contributed by atoms with E-state index in [2.05, 4.69) is 15.3 Å². The van der Waals surface area contributed by atoms with Gasteiger partial charge < -0.3 is 10.1 Å². The summed E-state index contributed by atoms with van der Waals surface area (Å²) in [5, 5.41) is 6.39. The van der Waals surface area contributed by atoms with Crippen molar-refractivity contribution in [3.63, 3.8) is 0 Å². The number of nitrogens with one attached hydrogen (secondary N) is 1. The molecule has 1 fully saturated rings. The van der Waals surface area contributed by atoms with Gasteiger partial charge in [-0.05, 0) is 38.3 Å². The molecular formula is C11H20N4O4S. The molecule has 1 aliphatic rings. The molecule has 1 atom stereocenters. The average molecular weight is 304 g/mol. The third kappa shape index (κ3) is 4.66. The summed E-state index contributed by atoms with van der Waals surface area (Å²) in [5.41, 5.74) is 7.01. The van der Waals surface area contributed by atoms with Crippen molar-refractivity contribution in [2.45, 2.75) is 31.7 Å². The molecule has 1 rings (SSSR count). The van der Waals surface area contributed by atoms with Crippen molar-refractivity contribution >= 4 is 15.8 Å². The standard InChI is InChI=1S/C11H20N4O4S/c1-2-19-10(16)11(13-6-4-7-14-15-12)5-3-8-20(17,18)9-11/h13H,2-9H2,1H3. The normalized spacial score (nSPS) is 24.6. The van der Waals surface area contributed by atoms with Gasteiger partial charge in [0, 0.05) is 11.5 Å². The number of esters is 1. The van der Waals surface area contributed by atoms with Crippen LogP contribution >= 0.6 is 0 Å². The Balaban J connectivity index is 2.74. The zero-order valence-corrected chi connectivity index (χ0v) is 12.4. The number of ether oxygens (including phenoxy) is 1. The Morgan fingerprint density at radius 2 is 2.30 bits per heavy atom. The zero-order valence-electron chi connectivity index (χ0n) is 11.5. The predicted octanol–water partition coefficient (Wildman–Crippen LogP) is 0.787. The minimum atomic E-state index is -3.25. The second-order valence-corrected chi connectivity index (χ2v) is 6.92. The minimum absolute atomic E-state index is 0.106. The Morgan fingerprint density at radius 1 is 1.55 bits per heavy atom. The van der Waals surface area contributed by atoms with Gasteiger partial charge in [-0.1, -0.05) is 5.11 Å². The molecule has 0 spiro atoms. The second kappa shape index (κ2) is 7.47. The molecular weight excluding hydrogens is 284 g/mol. The number of nitrogens with zero attached hydrogens (tertiary/aromatic N) is 3. The molecule has 1 heterocycles. The first-order valence-electron chi connectivity index (χ1n) is 6.59. The highest BCUT2D eigenvalue weighted by atomic mass is 32.2. The van der Waals surface area contributed by atoms with Crippen LogP contribution in [0.3, 0.4) is 0 Å². The van der Waals surface area contributed by atoms with Crippen molar-refractivity contribution in [3.8, 4) is 0 Å². The SMILES string of the molecule is CCOC(=O)C1(NCCCN=[N+]=[N-])CCCS(=O)(=O)C1. The van der Waals surface area contributed by atoms with E-state index in [0.29, 0.717) is 32.4 Å². The van der Waals surface area contributed by atoms with Crippen molar-refractivity contribution < 1.29 is 17.9 Å². The summed E-state index contributed by atoms with van der Waals surface area (Å²) in [4.78, 5) is 14.7. The molecule has 0 aliphatic carbocycles. The molecule has 114 valence electrons. The number of rotatable bonds is 7. The van der Waals surface area contributed by atoms with Gasteiger partial charge in [-0.3, -0.25) is 4.79 Å². The predicted molar refractivity (Wildman–Crippen MR) is 73.9 cm³/mol. The van der Waals surface area contributed by atoms with Crippen LogP contribution in [0.4, 0.5) is 0 Å². The van der Waals surface area contributed by atoms with Gasteiger partial charge in [0.1, 0.15) is 5.54 Å². The monoisotopic (exact) mass is 304 g/mol. The Hall–Kier alpha value is -1.31. The quantitative estimate of drug-likeness (QED) is 0.245. The van der Waals surface area contributed by atoms with Crippen LogP contribution in [-0.4, -0.2) is 51.1 Å². The summed E-state index contributed by atoms with van der Waals surface area (Å²) in [6.07, 6.45) is 1.41. The lowest BCUT2D eigenvalue weighted by molar-refractivity contribution is -0.150. The van der Waals surface area contributed by atoms with Crippen molar-refractivity contribution in [1.29, 1.82) is 0 Å². The fourth-order valence-corrected chi connectivity index (χ4v) is 4.12. The molecule has 0 aromatic carbocycles. The van der Waals surface area contributed by atoms with E-state index >= 15 is 0 Å². The van der Waals surface area contributed by atoms with Gasteiger partial charge in [0.25, 0.3) is 0 Å². The molecule has 0 aromatic rings. The fourth-order valence-electron chi connectivity index (χ4n) is 2.28. The van der Waals surface area contributed by atoms with E-state index in [-0.39, 0.29) is 18.1 Å². The molecule has 0 aromatic heterocycles. The van der Waals surface area contributed by atoms with E-state index in [9.17, 15) is 13.2 Å². The van der Waals surface area contributed by atoms with Crippen LogP contribution in [0.25, 0.3) is 10.4 Å². The first-order chi connectivity index (χ1) is 9.46. The van der Waals surface area contributed by atoms with Gasteiger partial charge in [0.2, 0.25) is 0 Å². The molecule has 0 bridgehead atoms. The van der Waals surface area contributed by atoms with E-state index < -0.39 is 21.3 Å². The van der Waals surface area contributed by atoms with E-state index in [1.807, 2.05) is 0 Å². The molecule has 1 saturated heterocycles. The lowest BCUT2D eigenvalue weighted by atomic mass is 9.95. The summed E-state index contributed by atoms with van der Waals surface area (Å²) >= 11 is 0. The zero-order chi connectivity index (χ0) is 15.1. The van der Waals surface area contributed by atoms with Gasteiger partial charge in [-0.25, -0.2) is 8.42 Å². The molecule has 8 nitrogen and oxygen atoms in total. The summed E-state index contributed by atoms with van der Waals surface area (Å²) < 4.78 is 28.6. The molecule has 1 unspecified atom stereocenters. The molecule has 20 heavy (non-hydrogen) atoms. The molecule has 1 aliphatic heterocycles. The smallest absolute Gasteiger partial charge is 0.327 e. The summed E-state index contributed by atoms with van der Waals surface area (Å²) in [6.45, 7) is 2.59. The fraction of sp³-hybridized carbons (Fsp3) is 0.909. The Bertz CT molecular complexity index is 487. The highest BCUT2D eigenvalue weighted by molar-refractivity contribution is 7.91. The summed E-state index contributed by atoms with van der Waals surface area (Å²) in [5.74, 6) is -0.651. The third-order valence-electron chi connectivity index (χ3n) is 3.15. The number of carbonyl (C=O) groups is 1. The highest BCUT2D eigenvalue weighted by Crippen LogP contribution is 2.24. The molecule has 9 heteroatoms. The van der Waals surface area contributed by atoms with Gasteiger partial charge in [-0.15, -0.1) is 0 Å². The first-order valence-corrected chi connectivity index (χ1v) is 8.41. The highest BCUT2D eigenvalue weighted by Gasteiger charge is 2.45. The van der Waals surface area contributed by atoms with Crippen molar-refractivity contribution in [2.24, 2.45) is 5.11 Å². The van der Waals surface area contributed by atoms with Gasteiger partial charge in [0.05, 0.1) is 18.1 Å². The third-order valence-corrected chi connectivity index (χ3v) is 5.00. The van der Waals surface area contributed by atoms with Crippen LogP contribution in [0.15, 0.2) is 5.11 Å². The maximum absolute atomic E-state index is 12.1.